The second kappa shape index (κ2) is 6.71. The molecule has 0 saturated carbocycles. The standard InChI is InChI=1S/C18H19BrFNO2/c1-5-15(18(2,3)4)23-17(22)21-14-9-6-11-10-12(20)7-8-13(11)16(14)19/h5-10,15H,1H2,2-4H3,(H,21,22). The molecule has 0 saturated heterocycles. The van der Waals surface area contributed by atoms with Crippen molar-refractivity contribution in [1.82, 2.24) is 0 Å². The second-order valence-electron chi connectivity index (χ2n) is 6.35. The number of hydrogen-bond donors (Lipinski definition) is 1. The van der Waals surface area contributed by atoms with Crippen LogP contribution >= 0.6 is 15.9 Å². The summed E-state index contributed by atoms with van der Waals surface area (Å²) in [6.07, 6.45) is 0.639. The Labute approximate surface area is 143 Å². The zero-order valence-electron chi connectivity index (χ0n) is 13.3. The van der Waals surface area contributed by atoms with Gasteiger partial charge in [0.15, 0.2) is 0 Å². The van der Waals surface area contributed by atoms with Crippen molar-refractivity contribution in [2.75, 3.05) is 5.32 Å². The van der Waals surface area contributed by atoms with Gasteiger partial charge in [-0.25, -0.2) is 9.18 Å². The first-order valence-corrected chi connectivity index (χ1v) is 7.99. The number of carbonyl (C=O) groups excluding carboxylic acids is 1. The molecular weight excluding hydrogens is 361 g/mol. The Morgan fingerprint density at radius 2 is 2.04 bits per heavy atom. The molecule has 2 aromatic carbocycles. The number of benzene rings is 2. The number of anilines is 1. The van der Waals surface area contributed by atoms with Gasteiger partial charge in [-0.15, -0.1) is 0 Å². The van der Waals surface area contributed by atoms with E-state index in [0.717, 1.165) is 10.8 Å². The van der Waals surface area contributed by atoms with Gasteiger partial charge in [0.1, 0.15) is 11.9 Å². The zero-order valence-corrected chi connectivity index (χ0v) is 14.9. The van der Waals surface area contributed by atoms with E-state index in [1.165, 1.54) is 12.1 Å². The summed E-state index contributed by atoms with van der Waals surface area (Å²) in [5.41, 5.74) is 0.322. The van der Waals surface area contributed by atoms with Crippen LogP contribution in [0.15, 0.2) is 47.5 Å². The molecule has 0 radical (unpaired) electrons. The number of halogens is 2. The molecule has 0 aliphatic heterocycles. The number of hydrogen-bond acceptors (Lipinski definition) is 2. The monoisotopic (exact) mass is 379 g/mol. The third kappa shape index (κ3) is 4.10. The molecule has 1 amide bonds. The Morgan fingerprint density at radius 1 is 1.35 bits per heavy atom. The van der Waals surface area contributed by atoms with Gasteiger partial charge in [-0.2, -0.15) is 0 Å². The molecule has 0 spiro atoms. The molecule has 2 rings (SSSR count). The van der Waals surface area contributed by atoms with Gasteiger partial charge in [-0.3, -0.25) is 5.32 Å². The van der Waals surface area contributed by atoms with Gasteiger partial charge in [-0.05, 0) is 44.9 Å². The summed E-state index contributed by atoms with van der Waals surface area (Å²) < 4.78 is 19.3. The lowest BCUT2D eigenvalue weighted by atomic mass is 9.89. The third-order valence-electron chi connectivity index (χ3n) is 3.45. The van der Waals surface area contributed by atoms with Gasteiger partial charge >= 0.3 is 6.09 Å². The lowest BCUT2D eigenvalue weighted by Crippen LogP contribution is -2.31. The van der Waals surface area contributed by atoms with Gasteiger partial charge in [0.2, 0.25) is 0 Å². The number of amides is 1. The van der Waals surface area contributed by atoms with E-state index in [4.69, 9.17) is 4.74 Å². The lowest BCUT2D eigenvalue weighted by Gasteiger charge is -2.27. The fourth-order valence-corrected chi connectivity index (χ4v) is 2.78. The molecule has 2 aromatic rings. The number of ether oxygens (including phenoxy) is 1. The van der Waals surface area contributed by atoms with Crippen LogP contribution in [0.2, 0.25) is 0 Å². The lowest BCUT2D eigenvalue weighted by molar-refractivity contribution is 0.0716. The summed E-state index contributed by atoms with van der Waals surface area (Å²) in [7, 11) is 0. The van der Waals surface area contributed by atoms with Crippen molar-refractivity contribution in [1.29, 1.82) is 0 Å². The number of carbonyl (C=O) groups is 1. The molecule has 0 aliphatic rings. The predicted molar refractivity (Wildman–Crippen MR) is 95.1 cm³/mol. The fourth-order valence-electron chi connectivity index (χ4n) is 2.19. The van der Waals surface area contributed by atoms with E-state index >= 15 is 0 Å². The molecule has 0 aromatic heterocycles. The first-order chi connectivity index (χ1) is 10.7. The van der Waals surface area contributed by atoms with Gasteiger partial charge < -0.3 is 4.74 Å². The number of nitrogens with one attached hydrogen (secondary N) is 1. The molecule has 5 heteroatoms. The summed E-state index contributed by atoms with van der Waals surface area (Å²) in [5, 5.41) is 4.25. The van der Waals surface area contributed by atoms with Gasteiger partial charge in [0.25, 0.3) is 0 Å². The molecular formula is C18H19BrFNO2. The van der Waals surface area contributed by atoms with Crippen LogP contribution in [0.1, 0.15) is 20.8 Å². The largest absolute Gasteiger partial charge is 0.441 e. The van der Waals surface area contributed by atoms with Crippen molar-refractivity contribution < 1.29 is 13.9 Å². The number of fused-ring (bicyclic) bond motifs is 1. The number of rotatable bonds is 3. The van der Waals surface area contributed by atoms with E-state index in [0.29, 0.717) is 10.2 Å². The fraction of sp³-hybridized carbons (Fsp3) is 0.278. The van der Waals surface area contributed by atoms with Crippen molar-refractivity contribution >= 4 is 38.5 Å². The van der Waals surface area contributed by atoms with Crippen molar-refractivity contribution in [3.8, 4) is 0 Å². The minimum atomic E-state index is -0.563. The van der Waals surface area contributed by atoms with Crippen molar-refractivity contribution in [2.24, 2.45) is 5.41 Å². The van der Waals surface area contributed by atoms with Crippen molar-refractivity contribution in [2.45, 2.75) is 26.9 Å². The second-order valence-corrected chi connectivity index (χ2v) is 7.14. The molecule has 1 unspecified atom stereocenters. The highest BCUT2D eigenvalue weighted by Crippen LogP contribution is 2.32. The van der Waals surface area contributed by atoms with E-state index in [2.05, 4.69) is 27.8 Å². The summed E-state index contributed by atoms with van der Waals surface area (Å²) in [6, 6.07) is 7.92. The van der Waals surface area contributed by atoms with Crippen LogP contribution in [0, 0.1) is 11.2 Å². The summed E-state index contributed by atoms with van der Waals surface area (Å²) in [5.74, 6) is -0.302. The van der Waals surface area contributed by atoms with Crippen molar-refractivity contribution in [3.05, 3.63) is 53.3 Å². The predicted octanol–water partition coefficient (Wildman–Crippen LogP) is 5.89. The van der Waals surface area contributed by atoms with E-state index in [1.807, 2.05) is 20.8 Å². The van der Waals surface area contributed by atoms with Gasteiger partial charge in [-0.1, -0.05) is 45.6 Å². The Kier molecular flexibility index (Phi) is 5.09. The smallest absolute Gasteiger partial charge is 0.412 e. The highest BCUT2D eigenvalue weighted by molar-refractivity contribution is 9.10. The Hall–Kier alpha value is -1.88. The zero-order chi connectivity index (χ0) is 17.2. The van der Waals surface area contributed by atoms with Gasteiger partial charge in [0.05, 0.1) is 5.69 Å². The maximum absolute atomic E-state index is 13.3. The Bertz CT molecular complexity index is 753. The molecule has 0 fully saturated rings. The molecule has 0 aliphatic carbocycles. The molecule has 1 atom stereocenters. The van der Waals surface area contributed by atoms with E-state index in [-0.39, 0.29) is 11.2 Å². The van der Waals surface area contributed by atoms with E-state index in [1.54, 1.807) is 24.3 Å². The summed E-state index contributed by atoms with van der Waals surface area (Å²) in [4.78, 5) is 12.1. The minimum Gasteiger partial charge on any atom is -0.441 e. The van der Waals surface area contributed by atoms with Crippen LogP contribution in [0.25, 0.3) is 10.8 Å². The summed E-state index contributed by atoms with van der Waals surface area (Å²) >= 11 is 3.44. The molecule has 1 N–H and O–H groups in total. The van der Waals surface area contributed by atoms with Crippen LogP contribution in [0.3, 0.4) is 0 Å². The highest BCUT2D eigenvalue weighted by atomic mass is 79.9. The quantitative estimate of drug-likeness (QED) is 0.675. The first kappa shape index (κ1) is 17.5. The van der Waals surface area contributed by atoms with Crippen LogP contribution in [0.4, 0.5) is 14.9 Å². The van der Waals surface area contributed by atoms with Crippen LogP contribution in [0.5, 0.6) is 0 Å². The third-order valence-corrected chi connectivity index (χ3v) is 4.31. The summed E-state index contributed by atoms with van der Waals surface area (Å²) in [6.45, 7) is 9.60. The average molecular weight is 380 g/mol. The Balaban J connectivity index is 2.21. The van der Waals surface area contributed by atoms with Crippen LogP contribution < -0.4 is 5.32 Å². The maximum Gasteiger partial charge on any atom is 0.412 e. The molecule has 0 bridgehead atoms. The highest BCUT2D eigenvalue weighted by Gasteiger charge is 2.25. The average Bonchev–Trinajstić information content (AvgIpc) is 2.46. The minimum absolute atomic E-state index is 0.239. The normalized spacial score (nSPS) is 12.7. The van der Waals surface area contributed by atoms with Crippen LogP contribution in [-0.4, -0.2) is 12.2 Å². The van der Waals surface area contributed by atoms with Gasteiger partial charge in [0, 0.05) is 9.89 Å². The SMILES string of the molecule is C=CC(OC(=O)Nc1ccc2cc(F)ccc2c1Br)C(C)(C)C. The molecule has 0 heterocycles. The Morgan fingerprint density at radius 3 is 2.65 bits per heavy atom. The molecule has 122 valence electrons. The van der Waals surface area contributed by atoms with E-state index < -0.39 is 12.2 Å². The maximum atomic E-state index is 13.3. The molecule has 3 nitrogen and oxygen atoms in total. The topological polar surface area (TPSA) is 38.3 Å². The molecule has 23 heavy (non-hydrogen) atoms. The first-order valence-electron chi connectivity index (χ1n) is 7.20. The van der Waals surface area contributed by atoms with Crippen LogP contribution in [-0.2, 0) is 4.74 Å². The van der Waals surface area contributed by atoms with Crippen molar-refractivity contribution in [3.63, 3.8) is 0 Å². The van der Waals surface area contributed by atoms with E-state index in [9.17, 15) is 9.18 Å².